The molecule has 2 aliphatic carbocycles. The van der Waals surface area contributed by atoms with E-state index in [1.54, 1.807) is 32.2 Å². The van der Waals surface area contributed by atoms with Gasteiger partial charge < -0.3 is 24.2 Å². The van der Waals surface area contributed by atoms with Crippen molar-refractivity contribution >= 4 is 11.9 Å². The average Bonchev–Trinajstić information content (AvgIpc) is 3.59. The van der Waals surface area contributed by atoms with Gasteiger partial charge >= 0.3 is 12.1 Å². The number of carboxylic acid groups (broad SMARTS) is 1. The number of alkyl halides is 3. The maximum atomic E-state index is 15.0. The summed E-state index contributed by atoms with van der Waals surface area (Å²) in [4.78, 5) is 37.7. The Morgan fingerprint density at radius 2 is 1.77 bits per heavy atom. The summed E-state index contributed by atoms with van der Waals surface area (Å²) in [5.74, 6) is -2.74. The first kappa shape index (κ1) is 34.9. The summed E-state index contributed by atoms with van der Waals surface area (Å²) in [6.45, 7) is 8.96. The molecule has 0 radical (unpaired) electrons. The number of rotatable bonds is 10. The van der Waals surface area contributed by atoms with Crippen molar-refractivity contribution in [2.75, 3.05) is 7.11 Å². The van der Waals surface area contributed by atoms with Gasteiger partial charge in [0.25, 0.3) is 0 Å². The van der Waals surface area contributed by atoms with Gasteiger partial charge in [0.1, 0.15) is 11.5 Å². The summed E-state index contributed by atoms with van der Waals surface area (Å²) in [5.41, 5.74) is -1.56. The van der Waals surface area contributed by atoms with Crippen molar-refractivity contribution in [2.45, 2.75) is 123 Å². The molecule has 258 valence electrons. The minimum Gasteiger partial charge on any atom is -0.481 e. The summed E-state index contributed by atoms with van der Waals surface area (Å²) in [5, 5.41) is 10.8. The number of hydrogen-bond acceptors (Lipinski definition) is 7. The first-order valence-corrected chi connectivity index (χ1v) is 16.5. The predicted molar refractivity (Wildman–Crippen MR) is 167 cm³/mol. The Kier molecular flexibility index (Phi) is 9.84. The summed E-state index contributed by atoms with van der Waals surface area (Å²) in [7, 11) is 1.50. The van der Waals surface area contributed by atoms with Crippen molar-refractivity contribution in [3.05, 3.63) is 47.3 Å². The van der Waals surface area contributed by atoms with Crippen LogP contribution in [0.15, 0.2) is 30.6 Å². The Hall–Kier alpha value is -3.41. The van der Waals surface area contributed by atoms with Gasteiger partial charge in [-0.3, -0.25) is 4.79 Å². The smallest absolute Gasteiger partial charge is 0.403 e. The maximum absolute atomic E-state index is 15.0. The topological polar surface area (TPSA) is 111 Å². The summed E-state index contributed by atoms with van der Waals surface area (Å²) in [6, 6.07) is 2.34. The fourth-order valence-electron chi connectivity index (χ4n) is 7.64. The van der Waals surface area contributed by atoms with Crippen LogP contribution in [0.5, 0.6) is 11.8 Å². The molecule has 0 bridgehead atoms. The predicted octanol–water partition coefficient (Wildman–Crippen LogP) is 7.25. The number of carbonyl (C=O) groups is 2. The van der Waals surface area contributed by atoms with E-state index in [1.165, 1.54) is 13.3 Å². The van der Waals surface area contributed by atoms with Crippen LogP contribution < -0.4 is 9.47 Å². The van der Waals surface area contributed by atoms with Crippen LogP contribution >= 0.6 is 0 Å². The minimum absolute atomic E-state index is 0.0656. The first-order valence-electron chi connectivity index (χ1n) is 16.5. The number of amides is 1. The Morgan fingerprint density at radius 1 is 1.09 bits per heavy atom. The maximum Gasteiger partial charge on any atom is 0.403 e. The number of likely N-dealkylation sites (tertiary alicyclic amines) is 1. The zero-order chi connectivity index (χ0) is 34.3. The van der Waals surface area contributed by atoms with Gasteiger partial charge in [-0.2, -0.15) is 13.2 Å². The Labute approximate surface area is 274 Å². The fraction of sp³-hybridized carbons (Fsp3) is 0.657. The number of halogens is 3. The minimum atomic E-state index is -4.88. The van der Waals surface area contributed by atoms with Gasteiger partial charge in [0.2, 0.25) is 17.7 Å². The highest BCUT2D eigenvalue weighted by Gasteiger charge is 2.68. The number of aliphatic carboxylic acids is 1. The number of pyridine rings is 2. The second kappa shape index (κ2) is 13.2. The van der Waals surface area contributed by atoms with E-state index in [-0.39, 0.29) is 31.4 Å². The first-order chi connectivity index (χ1) is 22.1. The highest BCUT2D eigenvalue weighted by molar-refractivity contribution is 5.90. The lowest BCUT2D eigenvalue weighted by molar-refractivity contribution is -0.228. The van der Waals surface area contributed by atoms with Crippen molar-refractivity contribution in [3.63, 3.8) is 0 Å². The Bertz CT molecular complexity index is 1450. The molecule has 0 unspecified atom stereocenters. The van der Waals surface area contributed by atoms with Crippen molar-refractivity contribution in [1.82, 2.24) is 14.9 Å². The van der Waals surface area contributed by atoms with Gasteiger partial charge in [0.15, 0.2) is 0 Å². The lowest BCUT2D eigenvalue weighted by Crippen LogP contribution is -2.55. The van der Waals surface area contributed by atoms with Crippen LogP contribution in [-0.2, 0) is 20.9 Å². The highest BCUT2D eigenvalue weighted by Crippen LogP contribution is 2.57. The van der Waals surface area contributed by atoms with Crippen molar-refractivity contribution in [3.8, 4) is 11.8 Å². The van der Waals surface area contributed by atoms with E-state index in [2.05, 4.69) is 9.97 Å². The van der Waals surface area contributed by atoms with E-state index >= 15 is 0 Å². The van der Waals surface area contributed by atoms with Crippen LogP contribution in [-0.4, -0.2) is 63.4 Å². The van der Waals surface area contributed by atoms with Gasteiger partial charge in [-0.1, -0.05) is 40.0 Å². The molecule has 9 nitrogen and oxygen atoms in total. The third kappa shape index (κ3) is 6.54. The van der Waals surface area contributed by atoms with E-state index in [4.69, 9.17) is 14.2 Å². The Balaban J connectivity index is 1.69. The fourth-order valence-corrected chi connectivity index (χ4v) is 7.64. The molecule has 2 saturated carbocycles. The molecule has 5 rings (SSSR count). The van der Waals surface area contributed by atoms with E-state index in [1.807, 2.05) is 26.8 Å². The molecular formula is C35H46F3N3O6. The largest absolute Gasteiger partial charge is 0.481 e. The molecule has 1 aliphatic heterocycles. The summed E-state index contributed by atoms with van der Waals surface area (Å²) in [6.07, 6.45) is -0.185. The molecule has 2 aromatic heterocycles. The van der Waals surface area contributed by atoms with Crippen LogP contribution in [0.3, 0.4) is 0 Å². The number of carbonyl (C=O) groups excluding carboxylic acids is 1. The van der Waals surface area contributed by atoms with Crippen molar-refractivity contribution in [2.24, 2.45) is 16.7 Å². The van der Waals surface area contributed by atoms with Gasteiger partial charge in [-0.05, 0) is 74.6 Å². The molecule has 0 spiro atoms. The lowest BCUT2D eigenvalue weighted by Gasteiger charge is -2.39. The second-order valence-corrected chi connectivity index (χ2v) is 14.5. The molecule has 47 heavy (non-hydrogen) atoms. The van der Waals surface area contributed by atoms with Crippen molar-refractivity contribution < 1.29 is 42.1 Å². The zero-order valence-corrected chi connectivity index (χ0v) is 28.0. The number of aromatic nitrogens is 2. The van der Waals surface area contributed by atoms with Gasteiger partial charge in [-0.15, -0.1) is 0 Å². The molecule has 3 aliphatic rings. The molecule has 3 fully saturated rings. The molecule has 1 saturated heterocycles. The normalized spacial score (nSPS) is 24.8. The monoisotopic (exact) mass is 661 g/mol. The third-order valence-electron chi connectivity index (χ3n) is 10.1. The average molecular weight is 662 g/mol. The standard InChI is InChI=1S/C35H46F3N3O6/c1-20(2)47-30-24(13-10-16-39-30)26-28(46-19-23-17-22(21-11-9-12-21)18-40-29(23)45-6)25(33(3,4)5)27(31(42)43)41(26)32(44)34(35(36,37)38)14-7-8-15-34/h10,13,16-18,20-21,25-28H,7-9,11-12,14-15,19H2,1-6H3,(H,42,43)/t25-,26+,27+,28+/m1/s1. The number of ether oxygens (including phenoxy) is 3. The molecule has 1 N–H and O–H groups in total. The van der Waals surface area contributed by atoms with E-state index < -0.39 is 65.8 Å². The van der Waals surface area contributed by atoms with Crippen molar-refractivity contribution in [1.29, 1.82) is 0 Å². The quantitative estimate of drug-likeness (QED) is 0.284. The van der Waals surface area contributed by atoms with Gasteiger partial charge in [0.05, 0.1) is 32.0 Å². The van der Waals surface area contributed by atoms with Gasteiger partial charge in [0, 0.05) is 29.4 Å². The molecular weight excluding hydrogens is 615 g/mol. The van der Waals surface area contributed by atoms with Crippen LogP contribution in [0, 0.1) is 16.7 Å². The Morgan fingerprint density at radius 3 is 2.30 bits per heavy atom. The van der Waals surface area contributed by atoms with Gasteiger partial charge in [-0.25, -0.2) is 14.8 Å². The summed E-state index contributed by atoms with van der Waals surface area (Å²) < 4.78 is 63.1. The second-order valence-electron chi connectivity index (χ2n) is 14.5. The molecule has 1 amide bonds. The van der Waals surface area contributed by atoms with E-state index in [0.29, 0.717) is 22.9 Å². The summed E-state index contributed by atoms with van der Waals surface area (Å²) >= 11 is 0. The van der Waals surface area contributed by atoms with Crippen LogP contribution in [0.2, 0.25) is 0 Å². The molecule has 3 heterocycles. The highest BCUT2D eigenvalue weighted by atomic mass is 19.4. The zero-order valence-electron chi connectivity index (χ0n) is 28.0. The third-order valence-corrected chi connectivity index (χ3v) is 10.1. The lowest BCUT2D eigenvalue weighted by atomic mass is 9.73. The molecule has 2 aromatic rings. The molecule has 4 atom stereocenters. The SMILES string of the molecule is COc1ncc(C2CCC2)cc1CO[C@H]1[C@H](C(C)(C)C)[C@@H](C(=O)O)N(C(=O)C2(C(F)(F)F)CCCC2)[C@H]1c1cccnc1OC(C)C. The molecule has 0 aromatic carbocycles. The van der Waals surface area contributed by atoms with Crippen LogP contribution in [0.25, 0.3) is 0 Å². The number of nitrogens with zero attached hydrogens (tertiary/aromatic N) is 3. The van der Waals surface area contributed by atoms with Crippen LogP contribution in [0.4, 0.5) is 13.2 Å². The van der Waals surface area contributed by atoms with E-state index in [9.17, 15) is 27.9 Å². The number of carboxylic acids is 1. The van der Waals surface area contributed by atoms with E-state index in [0.717, 1.165) is 29.7 Å². The number of methoxy groups -OCH3 is 1. The van der Waals surface area contributed by atoms with Crippen LogP contribution in [0.1, 0.15) is 108 Å². The number of hydrogen-bond donors (Lipinski definition) is 1. The molecule has 12 heteroatoms.